The number of para-hydroxylation sites is 2. The highest BCUT2D eigenvalue weighted by Gasteiger charge is 2.19. The van der Waals surface area contributed by atoms with Crippen LogP contribution in [0.4, 0.5) is 17.2 Å². The number of nitrogens with zero attached hydrogens (tertiary/aromatic N) is 3. The summed E-state index contributed by atoms with van der Waals surface area (Å²) in [5, 5.41) is 2.98. The average molecular weight is 401 g/mol. The first-order valence-corrected chi connectivity index (χ1v) is 9.81. The molecule has 1 aliphatic heterocycles. The quantitative estimate of drug-likeness (QED) is 0.347. The van der Waals surface area contributed by atoms with E-state index >= 15 is 0 Å². The summed E-state index contributed by atoms with van der Waals surface area (Å²) in [6.45, 7) is 5.74. The average Bonchev–Trinajstić information content (AvgIpc) is 3.30. The lowest BCUT2D eigenvalue weighted by Crippen LogP contribution is -2.20. The summed E-state index contributed by atoms with van der Waals surface area (Å²) in [7, 11) is 0. The van der Waals surface area contributed by atoms with Gasteiger partial charge in [0.15, 0.2) is 5.82 Å². The molecule has 0 unspecified atom stereocenters. The van der Waals surface area contributed by atoms with Gasteiger partial charge in [0.05, 0.1) is 17.1 Å². The van der Waals surface area contributed by atoms with Gasteiger partial charge in [-0.05, 0) is 49.2 Å². The van der Waals surface area contributed by atoms with Crippen LogP contribution in [0.2, 0.25) is 0 Å². The highest BCUT2D eigenvalue weighted by atomic mass is 16.5. The molecule has 0 spiro atoms. The van der Waals surface area contributed by atoms with Crippen molar-refractivity contribution < 1.29 is 9.53 Å². The molecule has 1 aliphatic rings. The molecule has 0 radical (unpaired) electrons. The minimum Gasteiger partial charge on any atom is -0.436 e. The van der Waals surface area contributed by atoms with E-state index < -0.39 is 0 Å². The molecule has 30 heavy (non-hydrogen) atoms. The molecular formula is C23H23N5O2. The third-order valence-electron chi connectivity index (χ3n) is 4.90. The second-order valence-corrected chi connectivity index (χ2v) is 7.03. The second kappa shape index (κ2) is 8.65. The van der Waals surface area contributed by atoms with Crippen LogP contribution in [0.3, 0.4) is 0 Å². The number of carbonyl (C=O) groups excluding carboxylic acids is 1. The Morgan fingerprint density at radius 2 is 1.73 bits per heavy atom. The summed E-state index contributed by atoms with van der Waals surface area (Å²) in [6.07, 6.45) is 5.55. The zero-order chi connectivity index (χ0) is 20.9. The predicted octanol–water partition coefficient (Wildman–Crippen LogP) is 4.26. The molecule has 0 atom stereocenters. The van der Waals surface area contributed by atoms with Gasteiger partial charge in [0, 0.05) is 31.0 Å². The number of ether oxygens (including phenoxy) is 1. The smallest absolute Gasteiger partial charge is 0.263 e. The Kier molecular flexibility index (Phi) is 5.61. The fraction of sp³-hybridized carbons (Fsp3) is 0.174. The van der Waals surface area contributed by atoms with Crippen LogP contribution in [0.1, 0.15) is 23.2 Å². The minimum absolute atomic E-state index is 0.220. The number of anilines is 3. The largest absolute Gasteiger partial charge is 0.436 e. The molecule has 0 saturated carbocycles. The number of hydrogen-bond acceptors (Lipinski definition) is 7. The summed E-state index contributed by atoms with van der Waals surface area (Å²) in [4.78, 5) is 23.6. The molecule has 1 aromatic heterocycles. The van der Waals surface area contributed by atoms with Crippen LogP contribution in [0.15, 0.2) is 73.2 Å². The summed E-state index contributed by atoms with van der Waals surface area (Å²) < 4.78 is 5.95. The maximum Gasteiger partial charge on any atom is 0.263 e. The number of hydrogen-bond donors (Lipinski definition) is 2. The van der Waals surface area contributed by atoms with Gasteiger partial charge >= 0.3 is 0 Å². The van der Waals surface area contributed by atoms with E-state index in [1.165, 1.54) is 0 Å². The molecule has 152 valence electrons. The summed E-state index contributed by atoms with van der Waals surface area (Å²) in [5.74, 6) is 1.57. The number of benzene rings is 2. The normalized spacial score (nSPS) is 13.1. The monoisotopic (exact) mass is 401 g/mol. The van der Waals surface area contributed by atoms with Crippen LogP contribution in [-0.2, 0) is 0 Å². The molecule has 2 aromatic carbocycles. The van der Waals surface area contributed by atoms with Gasteiger partial charge in [0.2, 0.25) is 5.78 Å². The minimum atomic E-state index is -0.220. The number of allylic oxidation sites excluding steroid dienone is 1. The van der Waals surface area contributed by atoms with Crippen LogP contribution in [0.25, 0.3) is 0 Å². The van der Waals surface area contributed by atoms with Gasteiger partial charge in [-0.2, -0.15) is 0 Å². The topological polar surface area (TPSA) is 93.4 Å². The van der Waals surface area contributed by atoms with Crippen LogP contribution in [0, 0.1) is 0 Å². The number of nitrogen functional groups attached to an aromatic ring is 1. The first-order chi connectivity index (χ1) is 14.6. The van der Waals surface area contributed by atoms with Crippen molar-refractivity contribution in [2.24, 2.45) is 0 Å². The summed E-state index contributed by atoms with van der Waals surface area (Å²) in [6, 6.07) is 14.1. The van der Waals surface area contributed by atoms with Gasteiger partial charge < -0.3 is 20.7 Å². The molecule has 3 aromatic rings. The van der Waals surface area contributed by atoms with Crippen molar-refractivity contribution in [3.63, 3.8) is 0 Å². The third kappa shape index (κ3) is 4.25. The van der Waals surface area contributed by atoms with E-state index in [4.69, 9.17) is 10.5 Å². The number of ketones is 1. The van der Waals surface area contributed by atoms with Crippen molar-refractivity contribution in [3.05, 3.63) is 78.8 Å². The summed E-state index contributed by atoms with van der Waals surface area (Å²) in [5.41, 5.74) is 7.84. The van der Waals surface area contributed by atoms with Crippen LogP contribution in [-0.4, -0.2) is 28.8 Å². The predicted molar refractivity (Wildman–Crippen MR) is 118 cm³/mol. The Hall–Kier alpha value is -3.87. The first kappa shape index (κ1) is 19.4. The maximum atomic E-state index is 12.7. The molecule has 2 heterocycles. The van der Waals surface area contributed by atoms with E-state index in [-0.39, 0.29) is 11.5 Å². The summed E-state index contributed by atoms with van der Waals surface area (Å²) >= 11 is 0. The second-order valence-electron chi connectivity index (χ2n) is 7.03. The highest BCUT2D eigenvalue weighted by molar-refractivity contribution is 6.10. The molecule has 1 fully saturated rings. The Morgan fingerprint density at radius 1 is 1.03 bits per heavy atom. The van der Waals surface area contributed by atoms with Gasteiger partial charge in [0.25, 0.3) is 5.88 Å². The lowest BCUT2D eigenvalue weighted by molar-refractivity contribution is 0.103. The Morgan fingerprint density at radius 3 is 2.47 bits per heavy atom. The lowest BCUT2D eigenvalue weighted by Gasteiger charge is -2.18. The molecule has 0 aliphatic carbocycles. The molecule has 0 amide bonds. The van der Waals surface area contributed by atoms with Gasteiger partial charge in [-0.15, -0.1) is 0 Å². The van der Waals surface area contributed by atoms with Crippen molar-refractivity contribution >= 4 is 23.0 Å². The van der Waals surface area contributed by atoms with Gasteiger partial charge in [-0.3, -0.25) is 4.79 Å². The number of carbonyl (C=O) groups is 1. The van der Waals surface area contributed by atoms with E-state index in [2.05, 4.69) is 26.8 Å². The SMILES string of the molecule is C=C(Nc1ccccc1N)C(=O)c1ccc(Oc2nccnc2N2CCCC2)cc1. The van der Waals surface area contributed by atoms with E-state index in [1.54, 1.807) is 48.8 Å². The molecule has 4 rings (SSSR count). The molecule has 7 nitrogen and oxygen atoms in total. The van der Waals surface area contributed by atoms with E-state index in [1.807, 2.05) is 12.1 Å². The molecular weight excluding hydrogens is 378 g/mol. The Labute approximate surface area is 175 Å². The molecule has 1 saturated heterocycles. The van der Waals surface area contributed by atoms with Gasteiger partial charge in [0.1, 0.15) is 5.75 Å². The van der Waals surface area contributed by atoms with Crippen molar-refractivity contribution in [2.75, 3.05) is 29.0 Å². The molecule has 0 bridgehead atoms. The van der Waals surface area contributed by atoms with Crippen molar-refractivity contribution in [1.29, 1.82) is 0 Å². The molecule has 3 N–H and O–H groups in total. The first-order valence-electron chi connectivity index (χ1n) is 9.81. The van der Waals surface area contributed by atoms with E-state index in [0.717, 1.165) is 31.7 Å². The third-order valence-corrected chi connectivity index (χ3v) is 4.90. The van der Waals surface area contributed by atoms with Crippen molar-refractivity contribution in [2.45, 2.75) is 12.8 Å². The number of Topliss-reactive ketones (excluding diaryl/α,β-unsaturated/α-hetero) is 1. The van der Waals surface area contributed by atoms with E-state index in [0.29, 0.717) is 28.6 Å². The number of rotatable bonds is 7. The van der Waals surface area contributed by atoms with Crippen molar-refractivity contribution in [1.82, 2.24) is 9.97 Å². The van der Waals surface area contributed by atoms with Gasteiger partial charge in [-0.25, -0.2) is 9.97 Å². The van der Waals surface area contributed by atoms with E-state index in [9.17, 15) is 4.79 Å². The maximum absolute atomic E-state index is 12.7. The number of aromatic nitrogens is 2. The van der Waals surface area contributed by atoms with Crippen molar-refractivity contribution in [3.8, 4) is 11.6 Å². The Balaban J connectivity index is 1.45. The van der Waals surface area contributed by atoms with Crippen LogP contribution >= 0.6 is 0 Å². The fourth-order valence-corrected chi connectivity index (χ4v) is 3.33. The zero-order valence-corrected chi connectivity index (χ0v) is 16.5. The van der Waals surface area contributed by atoms with Crippen LogP contribution in [0.5, 0.6) is 11.6 Å². The Bertz CT molecular complexity index is 1060. The number of nitrogens with two attached hydrogens (primary N) is 1. The lowest BCUT2D eigenvalue weighted by atomic mass is 10.1. The van der Waals surface area contributed by atoms with Crippen LogP contribution < -0.4 is 20.7 Å². The fourth-order valence-electron chi connectivity index (χ4n) is 3.33. The number of nitrogens with one attached hydrogen (secondary N) is 1. The standard InChI is InChI=1S/C23H23N5O2/c1-16(27-20-7-3-2-6-19(20)24)21(29)17-8-10-18(11-9-17)30-23-22(25-12-13-26-23)28-14-4-5-15-28/h2-3,6-13,27H,1,4-5,14-15,24H2. The van der Waals surface area contributed by atoms with Gasteiger partial charge in [-0.1, -0.05) is 18.7 Å². The zero-order valence-electron chi connectivity index (χ0n) is 16.5. The molecule has 7 heteroatoms. The highest BCUT2D eigenvalue weighted by Crippen LogP contribution is 2.30.